The van der Waals surface area contributed by atoms with Crippen LogP contribution in [0.2, 0.25) is 0 Å². The van der Waals surface area contributed by atoms with E-state index in [9.17, 15) is 0 Å². The minimum absolute atomic E-state index is 0. The van der Waals surface area contributed by atoms with Crippen molar-refractivity contribution in [1.82, 2.24) is 6.15 Å². The second-order valence-electron chi connectivity index (χ2n) is 7.27. The van der Waals surface area contributed by atoms with Crippen LogP contribution in [0.25, 0.3) is 0 Å². The molecule has 148 valence electrons. The van der Waals surface area contributed by atoms with E-state index in [0.717, 1.165) is 13.2 Å². The van der Waals surface area contributed by atoms with E-state index in [2.05, 4.69) is 13.8 Å². The number of unbranched alkanes of at least 4 members (excludes halogenated alkanes) is 16. The molecule has 0 heterocycles. The van der Waals surface area contributed by atoms with E-state index in [-0.39, 0.29) is 6.15 Å². The van der Waals surface area contributed by atoms with Gasteiger partial charge in [-0.2, -0.15) is 0 Å². The Hall–Kier alpha value is -0.0800. The molecular weight excluding hydrogens is 294 g/mol. The monoisotopic (exact) mass is 343 g/mol. The third-order valence-corrected chi connectivity index (χ3v) is 4.78. The average molecular weight is 344 g/mol. The summed E-state index contributed by atoms with van der Waals surface area (Å²) in [7, 11) is 0. The zero-order valence-electron chi connectivity index (χ0n) is 17.3. The Labute approximate surface area is 154 Å². The summed E-state index contributed by atoms with van der Waals surface area (Å²) in [4.78, 5) is 0. The first-order valence-electron chi connectivity index (χ1n) is 11.0. The molecule has 0 radical (unpaired) electrons. The van der Waals surface area contributed by atoms with Gasteiger partial charge in [-0.3, -0.25) is 0 Å². The van der Waals surface area contributed by atoms with Crippen LogP contribution >= 0.6 is 0 Å². The quantitative estimate of drug-likeness (QED) is 0.226. The molecule has 3 N–H and O–H groups in total. The summed E-state index contributed by atoms with van der Waals surface area (Å²) in [5.41, 5.74) is 0. The van der Waals surface area contributed by atoms with Crippen molar-refractivity contribution in [3.63, 3.8) is 0 Å². The average Bonchev–Trinajstić information content (AvgIpc) is 2.57. The third kappa shape index (κ3) is 24.2. The molecule has 0 aromatic carbocycles. The number of ether oxygens (including phenoxy) is 1. The van der Waals surface area contributed by atoms with Gasteiger partial charge in [0.2, 0.25) is 0 Å². The maximum atomic E-state index is 5.75. The topological polar surface area (TPSA) is 44.2 Å². The molecule has 24 heavy (non-hydrogen) atoms. The fraction of sp³-hybridized carbons (Fsp3) is 1.00. The molecule has 0 saturated heterocycles. The van der Waals surface area contributed by atoms with Crippen LogP contribution in [0.3, 0.4) is 0 Å². The zero-order valence-corrected chi connectivity index (χ0v) is 17.3. The van der Waals surface area contributed by atoms with Gasteiger partial charge in [-0.05, 0) is 12.8 Å². The lowest BCUT2D eigenvalue weighted by molar-refractivity contribution is 0.125. The highest BCUT2D eigenvalue weighted by molar-refractivity contribution is 4.48. The lowest BCUT2D eigenvalue weighted by Gasteiger charge is -2.05. The van der Waals surface area contributed by atoms with Gasteiger partial charge in [0.25, 0.3) is 0 Å². The molecule has 0 unspecified atom stereocenters. The Morgan fingerprint density at radius 3 is 0.917 bits per heavy atom. The van der Waals surface area contributed by atoms with Gasteiger partial charge < -0.3 is 10.9 Å². The summed E-state index contributed by atoms with van der Waals surface area (Å²) < 4.78 is 5.75. The van der Waals surface area contributed by atoms with Gasteiger partial charge in [-0.25, -0.2) is 0 Å². The van der Waals surface area contributed by atoms with E-state index >= 15 is 0 Å². The standard InChI is InChI=1S/C22H46O.H3N/c1-3-5-7-9-11-13-15-17-19-21-23-22-20-18-16-14-12-10-8-6-4-2;/h3-22H2,1-2H3;1H3. The predicted molar refractivity (Wildman–Crippen MR) is 110 cm³/mol. The highest BCUT2D eigenvalue weighted by Gasteiger charge is 1.94. The Balaban J connectivity index is 0. The Morgan fingerprint density at radius 1 is 0.375 bits per heavy atom. The molecule has 0 aliphatic carbocycles. The lowest BCUT2D eigenvalue weighted by Crippen LogP contribution is -1.97. The highest BCUT2D eigenvalue weighted by Crippen LogP contribution is 2.11. The molecule has 0 aliphatic heterocycles. The van der Waals surface area contributed by atoms with Crippen molar-refractivity contribution in [1.29, 1.82) is 0 Å². The van der Waals surface area contributed by atoms with E-state index in [1.807, 2.05) is 0 Å². The highest BCUT2D eigenvalue weighted by atomic mass is 16.5. The first-order chi connectivity index (χ1) is 11.4. The van der Waals surface area contributed by atoms with Crippen LogP contribution in [0.15, 0.2) is 0 Å². The predicted octanol–water partition coefficient (Wildman–Crippen LogP) is 8.23. The molecule has 0 bridgehead atoms. The molecule has 0 saturated carbocycles. The third-order valence-electron chi connectivity index (χ3n) is 4.78. The molecule has 0 aliphatic rings. The maximum absolute atomic E-state index is 5.75. The summed E-state index contributed by atoms with van der Waals surface area (Å²) in [6, 6.07) is 0. The van der Waals surface area contributed by atoms with Crippen LogP contribution in [0, 0.1) is 0 Å². The van der Waals surface area contributed by atoms with Crippen LogP contribution in [0.4, 0.5) is 0 Å². The summed E-state index contributed by atoms with van der Waals surface area (Å²) in [6.45, 7) is 6.56. The molecule has 0 atom stereocenters. The molecule has 0 amide bonds. The van der Waals surface area contributed by atoms with Crippen molar-refractivity contribution < 1.29 is 4.74 Å². The fourth-order valence-corrected chi connectivity index (χ4v) is 3.13. The summed E-state index contributed by atoms with van der Waals surface area (Å²) >= 11 is 0. The van der Waals surface area contributed by atoms with Gasteiger partial charge >= 0.3 is 0 Å². The second-order valence-corrected chi connectivity index (χ2v) is 7.27. The zero-order chi connectivity index (χ0) is 16.8. The maximum Gasteiger partial charge on any atom is 0.0466 e. The van der Waals surface area contributed by atoms with Crippen molar-refractivity contribution >= 4 is 0 Å². The van der Waals surface area contributed by atoms with E-state index in [1.54, 1.807) is 0 Å². The SMILES string of the molecule is CCCCCCCCCCCOCCCCCCCCCCC.N. The first kappa shape index (κ1) is 26.2. The number of rotatable bonds is 20. The summed E-state index contributed by atoms with van der Waals surface area (Å²) in [5.74, 6) is 0. The molecule has 2 nitrogen and oxygen atoms in total. The van der Waals surface area contributed by atoms with Gasteiger partial charge in [0.05, 0.1) is 0 Å². The first-order valence-corrected chi connectivity index (χ1v) is 11.0. The van der Waals surface area contributed by atoms with Gasteiger partial charge in [0.15, 0.2) is 0 Å². The normalized spacial score (nSPS) is 10.8. The van der Waals surface area contributed by atoms with Crippen LogP contribution in [0.5, 0.6) is 0 Å². The smallest absolute Gasteiger partial charge is 0.0466 e. The Bertz CT molecular complexity index is 176. The Morgan fingerprint density at radius 2 is 0.625 bits per heavy atom. The van der Waals surface area contributed by atoms with Crippen molar-refractivity contribution in [2.75, 3.05) is 13.2 Å². The second kappa shape index (κ2) is 25.2. The van der Waals surface area contributed by atoms with Gasteiger partial charge in [-0.1, -0.05) is 117 Å². The number of hydrogen-bond donors (Lipinski definition) is 1. The van der Waals surface area contributed by atoms with E-state index in [0.29, 0.717) is 0 Å². The molecule has 2 heteroatoms. The minimum atomic E-state index is 0. The summed E-state index contributed by atoms with van der Waals surface area (Å²) in [6.07, 6.45) is 25.2. The molecular formula is C22H49NO. The van der Waals surface area contributed by atoms with Crippen LogP contribution in [0.1, 0.15) is 129 Å². The lowest BCUT2D eigenvalue weighted by atomic mass is 10.1. The van der Waals surface area contributed by atoms with Gasteiger partial charge in [0.1, 0.15) is 0 Å². The summed E-state index contributed by atoms with van der Waals surface area (Å²) in [5, 5.41) is 0. The van der Waals surface area contributed by atoms with Gasteiger partial charge in [0, 0.05) is 13.2 Å². The van der Waals surface area contributed by atoms with Crippen molar-refractivity contribution in [3.05, 3.63) is 0 Å². The largest absolute Gasteiger partial charge is 0.381 e. The molecule has 0 spiro atoms. The van der Waals surface area contributed by atoms with Crippen molar-refractivity contribution in [2.24, 2.45) is 0 Å². The van der Waals surface area contributed by atoms with E-state index in [4.69, 9.17) is 4.74 Å². The van der Waals surface area contributed by atoms with Gasteiger partial charge in [-0.15, -0.1) is 0 Å². The molecule has 0 aromatic heterocycles. The van der Waals surface area contributed by atoms with Crippen LogP contribution in [-0.2, 0) is 4.74 Å². The fourth-order valence-electron chi connectivity index (χ4n) is 3.13. The van der Waals surface area contributed by atoms with Crippen molar-refractivity contribution in [2.45, 2.75) is 129 Å². The number of hydrogen-bond acceptors (Lipinski definition) is 2. The van der Waals surface area contributed by atoms with E-state index in [1.165, 1.54) is 116 Å². The van der Waals surface area contributed by atoms with E-state index < -0.39 is 0 Å². The molecule has 0 aromatic rings. The van der Waals surface area contributed by atoms with Crippen LogP contribution < -0.4 is 6.15 Å². The Kier molecular flexibility index (Phi) is 27.4. The van der Waals surface area contributed by atoms with Crippen molar-refractivity contribution in [3.8, 4) is 0 Å². The van der Waals surface area contributed by atoms with Crippen LogP contribution in [-0.4, -0.2) is 13.2 Å². The minimum Gasteiger partial charge on any atom is -0.381 e. The molecule has 0 fully saturated rings. The molecule has 0 rings (SSSR count).